The van der Waals surface area contributed by atoms with Crippen LogP contribution in [0.3, 0.4) is 0 Å². The SMILES string of the molecule is COC(=O)C(=[N+]=[N-])c1ccccc1C(C)=O. The van der Waals surface area contributed by atoms with Crippen LogP contribution in [0.2, 0.25) is 0 Å². The Balaban J connectivity index is 3.37. The van der Waals surface area contributed by atoms with Gasteiger partial charge in [0.05, 0.1) is 12.7 Å². The largest absolute Gasteiger partial charge is 0.460 e. The molecule has 1 aromatic carbocycles. The maximum atomic E-state index is 11.3. The molecule has 16 heavy (non-hydrogen) atoms. The molecule has 1 rings (SSSR count). The Hall–Kier alpha value is -2.26. The van der Waals surface area contributed by atoms with Crippen molar-refractivity contribution in [3.63, 3.8) is 0 Å². The third-order valence-electron chi connectivity index (χ3n) is 2.04. The van der Waals surface area contributed by atoms with Crippen LogP contribution in [0.1, 0.15) is 22.8 Å². The van der Waals surface area contributed by atoms with E-state index in [1.54, 1.807) is 18.2 Å². The van der Waals surface area contributed by atoms with Gasteiger partial charge >= 0.3 is 11.7 Å². The van der Waals surface area contributed by atoms with Gasteiger partial charge in [0.1, 0.15) is 0 Å². The zero-order valence-corrected chi connectivity index (χ0v) is 8.93. The number of carbonyl (C=O) groups is 2. The van der Waals surface area contributed by atoms with Crippen molar-refractivity contribution in [2.24, 2.45) is 0 Å². The predicted octanol–water partition coefficient (Wildman–Crippen LogP) is 1.08. The first-order valence-electron chi connectivity index (χ1n) is 4.52. The summed E-state index contributed by atoms with van der Waals surface area (Å²) in [5.74, 6) is -1.02. The summed E-state index contributed by atoms with van der Waals surface area (Å²) >= 11 is 0. The average Bonchev–Trinajstić information content (AvgIpc) is 2.30. The summed E-state index contributed by atoms with van der Waals surface area (Å²) in [6, 6.07) is 6.36. The smallest absolute Gasteiger partial charge is 0.422 e. The van der Waals surface area contributed by atoms with Crippen LogP contribution in [0.4, 0.5) is 0 Å². The van der Waals surface area contributed by atoms with Gasteiger partial charge in [-0.1, -0.05) is 18.2 Å². The van der Waals surface area contributed by atoms with Gasteiger partial charge in [-0.05, 0) is 13.0 Å². The van der Waals surface area contributed by atoms with Crippen molar-refractivity contribution in [1.29, 1.82) is 0 Å². The molecule has 5 heteroatoms. The van der Waals surface area contributed by atoms with Gasteiger partial charge < -0.3 is 10.3 Å². The van der Waals surface area contributed by atoms with Gasteiger partial charge in [0.25, 0.3) is 0 Å². The Labute approximate surface area is 92.3 Å². The minimum absolute atomic E-state index is 0.222. The van der Waals surface area contributed by atoms with Gasteiger partial charge in [0.15, 0.2) is 5.78 Å². The van der Waals surface area contributed by atoms with Crippen molar-refractivity contribution >= 4 is 17.5 Å². The third-order valence-corrected chi connectivity index (χ3v) is 2.04. The number of benzene rings is 1. The molecule has 0 amide bonds. The van der Waals surface area contributed by atoms with Crippen molar-refractivity contribution < 1.29 is 19.1 Å². The van der Waals surface area contributed by atoms with Crippen LogP contribution in [0.5, 0.6) is 0 Å². The van der Waals surface area contributed by atoms with Gasteiger partial charge in [-0.25, -0.2) is 4.79 Å². The number of hydrogen-bond donors (Lipinski definition) is 0. The number of nitrogens with zero attached hydrogens (tertiary/aromatic N) is 2. The molecule has 5 nitrogen and oxygen atoms in total. The van der Waals surface area contributed by atoms with Crippen molar-refractivity contribution in [2.75, 3.05) is 7.11 Å². The van der Waals surface area contributed by atoms with Crippen molar-refractivity contribution in [2.45, 2.75) is 6.92 Å². The normalized spacial score (nSPS) is 9.12. The van der Waals surface area contributed by atoms with Gasteiger partial charge in [-0.15, -0.1) is 0 Å². The number of ketones is 1. The Bertz CT molecular complexity index is 488. The molecular formula is C11H10N2O3. The monoisotopic (exact) mass is 218 g/mol. The molecule has 0 radical (unpaired) electrons. The maximum absolute atomic E-state index is 11.3. The van der Waals surface area contributed by atoms with Crippen LogP contribution in [0.15, 0.2) is 24.3 Å². The molecule has 0 aromatic heterocycles. The van der Waals surface area contributed by atoms with Crippen LogP contribution in [-0.4, -0.2) is 29.4 Å². The number of Topliss-reactive ketones (excluding diaryl/α,β-unsaturated/α-hetero) is 1. The number of rotatable bonds is 3. The fourth-order valence-corrected chi connectivity index (χ4v) is 1.30. The van der Waals surface area contributed by atoms with Crippen LogP contribution >= 0.6 is 0 Å². The van der Waals surface area contributed by atoms with Crippen LogP contribution in [0, 0.1) is 0 Å². The molecule has 0 saturated heterocycles. The highest BCUT2D eigenvalue weighted by Crippen LogP contribution is 2.10. The minimum atomic E-state index is -0.795. The minimum Gasteiger partial charge on any atom is -0.460 e. The average molecular weight is 218 g/mol. The van der Waals surface area contributed by atoms with E-state index in [4.69, 9.17) is 5.53 Å². The van der Waals surface area contributed by atoms with E-state index >= 15 is 0 Å². The lowest BCUT2D eigenvalue weighted by atomic mass is 10.0. The lowest BCUT2D eigenvalue weighted by Gasteiger charge is -2.00. The molecule has 0 fully saturated rings. The molecule has 0 spiro atoms. The highest BCUT2D eigenvalue weighted by Gasteiger charge is 2.27. The first kappa shape index (κ1) is 11.8. The summed E-state index contributed by atoms with van der Waals surface area (Å²) in [5, 5.41) is 0. The van der Waals surface area contributed by atoms with E-state index in [-0.39, 0.29) is 17.1 Å². The fraction of sp³-hybridized carbons (Fsp3) is 0.182. The molecule has 0 aliphatic rings. The van der Waals surface area contributed by atoms with Crippen LogP contribution < -0.4 is 0 Å². The van der Waals surface area contributed by atoms with E-state index in [0.717, 1.165) is 0 Å². The number of ether oxygens (including phenoxy) is 1. The van der Waals surface area contributed by atoms with E-state index in [9.17, 15) is 9.59 Å². The fourth-order valence-electron chi connectivity index (χ4n) is 1.30. The summed E-state index contributed by atoms with van der Waals surface area (Å²) in [4.78, 5) is 25.5. The summed E-state index contributed by atoms with van der Waals surface area (Å²) in [5.41, 5.74) is 9.04. The Morgan fingerprint density at radius 1 is 1.25 bits per heavy atom. The zero-order chi connectivity index (χ0) is 12.1. The standard InChI is InChI=1S/C11H10N2O3/c1-7(14)8-5-3-4-6-9(8)10(13-12)11(15)16-2/h3-6H,1-2H3. The highest BCUT2D eigenvalue weighted by molar-refractivity contribution is 6.42. The quantitative estimate of drug-likeness (QED) is 0.250. The van der Waals surface area contributed by atoms with Gasteiger partial charge in [0, 0.05) is 5.56 Å². The molecule has 1 aromatic rings. The molecule has 0 aliphatic heterocycles. The van der Waals surface area contributed by atoms with E-state index in [0.29, 0.717) is 5.56 Å². The van der Waals surface area contributed by atoms with E-state index in [1.807, 2.05) is 0 Å². The summed E-state index contributed by atoms with van der Waals surface area (Å²) in [6.45, 7) is 1.37. The Morgan fingerprint density at radius 2 is 1.81 bits per heavy atom. The first-order chi connectivity index (χ1) is 7.61. The second kappa shape index (κ2) is 5.00. The maximum Gasteiger partial charge on any atom is 0.422 e. The molecule has 0 aliphatic carbocycles. The van der Waals surface area contributed by atoms with Gasteiger partial charge in [0.2, 0.25) is 0 Å². The second-order valence-corrected chi connectivity index (χ2v) is 3.04. The van der Waals surface area contributed by atoms with Crippen LogP contribution in [0.25, 0.3) is 5.53 Å². The summed E-state index contributed by atoms with van der Waals surface area (Å²) < 4.78 is 4.45. The molecule has 0 saturated carbocycles. The van der Waals surface area contributed by atoms with E-state index in [2.05, 4.69) is 9.53 Å². The van der Waals surface area contributed by atoms with Crippen molar-refractivity contribution in [3.05, 3.63) is 40.9 Å². The van der Waals surface area contributed by atoms with Gasteiger partial charge in [-0.2, -0.15) is 4.79 Å². The van der Waals surface area contributed by atoms with Gasteiger partial charge in [-0.3, -0.25) is 4.79 Å². The number of methoxy groups -OCH3 is 1. The zero-order valence-electron chi connectivity index (χ0n) is 8.93. The number of esters is 1. The Morgan fingerprint density at radius 3 is 2.25 bits per heavy atom. The lowest BCUT2D eigenvalue weighted by molar-refractivity contribution is -0.137. The first-order valence-corrected chi connectivity index (χ1v) is 4.52. The van der Waals surface area contributed by atoms with E-state index < -0.39 is 5.97 Å². The van der Waals surface area contributed by atoms with Crippen molar-refractivity contribution in [3.8, 4) is 0 Å². The molecular weight excluding hydrogens is 208 g/mol. The molecule has 0 unspecified atom stereocenters. The topological polar surface area (TPSA) is 79.8 Å². The predicted molar refractivity (Wildman–Crippen MR) is 56.2 cm³/mol. The lowest BCUT2D eigenvalue weighted by Crippen LogP contribution is -2.20. The molecule has 82 valence electrons. The second-order valence-electron chi connectivity index (χ2n) is 3.04. The number of hydrogen-bond acceptors (Lipinski definition) is 3. The van der Waals surface area contributed by atoms with E-state index in [1.165, 1.54) is 20.1 Å². The van der Waals surface area contributed by atoms with Crippen LogP contribution in [-0.2, 0) is 9.53 Å². The van der Waals surface area contributed by atoms with Crippen molar-refractivity contribution in [1.82, 2.24) is 0 Å². The number of carbonyl (C=O) groups excluding carboxylic acids is 2. The highest BCUT2D eigenvalue weighted by atomic mass is 16.5. The summed E-state index contributed by atoms with van der Waals surface area (Å²) in [6.07, 6.45) is 0. The molecule has 0 bridgehead atoms. The molecule has 0 heterocycles. The molecule has 0 atom stereocenters. The Kier molecular flexibility index (Phi) is 3.69. The summed E-state index contributed by atoms with van der Waals surface area (Å²) in [7, 11) is 1.17. The molecule has 0 N–H and O–H groups in total. The third kappa shape index (κ3) is 2.21.